The lowest BCUT2D eigenvalue weighted by Gasteiger charge is -2.21. The number of carbonyl (C=O) groups excluding carboxylic acids is 1. The number of hydrogen-bond donors (Lipinski definition) is 3. The van der Waals surface area contributed by atoms with E-state index in [2.05, 4.69) is 35.4 Å². The Morgan fingerprint density at radius 3 is 2.27 bits per heavy atom. The Balaban J connectivity index is 1.43. The number of amides is 1. The summed E-state index contributed by atoms with van der Waals surface area (Å²) in [6, 6.07) is 12.3. The maximum Gasteiger partial charge on any atom is 0.264 e. The summed E-state index contributed by atoms with van der Waals surface area (Å²) in [6.07, 6.45) is 2.04. The number of hydrogen-bond acceptors (Lipinski definition) is 9. The van der Waals surface area contributed by atoms with E-state index < -0.39 is 15.9 Å². The van der Waals surface area contributed by atoms with Gasteiger partial charge in [-0.25, -0.2) is 23.1 Å². The Kier molecular flexibility index (Phi) is 7.74. The van der Waals surface area contributed by atoms with Crippen LogP contribution < -0.4 is 20.3 Å². The molecule has 1 aromatic heterocycles. The van der Waals surface area contributed by atoms with Gasteiger partial charge in [-0.15, -0.1) is 4.91 Å². The Labute approximate surface area is 219 Å². The monoisotopic (exact) mass is 539 g/mol. The number of anilines is 3. The number of carbonyl (C=O) groups is 1. The van der Waals surface area contributed by atoms with E-state index in [1.54, 1.807) is 32.0 Å². The Morgan fingerprint density at radius 2 is 1.65 bits per heavy atom. The molecule has 3 N–H and O–H groups in total. The number of thiocarbonyl (C=S) groups is 1. The Morgan fingerprint density at radius 1 is 1.00 bits per heavy atom. The smallest absolute Gasteiger partial charge is 0.264 e. The predicted molar refractivity (Wildman–Crippen MR) is 146 cm³/mol. The molecule has 1 amide bonds. The fourth-order valence-corrected chi connectivity index (χ4v) is 5.15. The van der Waals surface area contributed by atoms with Gasteiger partial charge in [-0.2, -0.15) is 0 Å². The van der Waals surface area contributed by atoms with Crippen LogP contribution in [0.1, 0.15) is 34.6 Å². The first-order valence-electron chi connectivity index (χ1n) is 11.4. The zero-order chi connectivity index (χ0) is 26.6. The van der Waals surface area contributed by atoms with Gasteiger partial charge >= 0.3 is 0 Å². The largest absolute Gasteiger partial charge is 0.371 e. The maximum atomic E-state index is 13.0. The van der Waals surface area contributed by atoms with E-state index in [-0.39, 0.29) is 21.6 Å². The van der Waals surface area contributed by atoms with Crippen molar-refractivity contribution in [3.63, 3.8) is 0 Å². The van der Waals surface area contributed by atoms with Crippen LogP contribution in [0.5, 0.6) is 0 Å². The first-order valence-corrected chi connectivity index (χ1v) is 13.3. The summed E-state index contributed by atoms with van der Waals surface area (Å²) < 4.78 is 27.8. The average Bonchev–Trinajstić information content (AvgIpc) is 3.38. The van der Waals surface area contributed by atoms with Gasteiger partial charge in [0.05, 0.1) is 10.5 Å². The minimum Gasteiger partial charge on any atom is -0.371 e. The number of rotatable bonds is 7. The summed E-state index contributed by atoms with van der Waals surface area (Å²) in [6.45, 7) is 5.13. The molecule has 1 aliphatic heterocycles. The number of nitrogens with zero attached hydrogens (tertiary/aromatic N) is 4. The number of benzene rings is 2. The number of aromatic nitrogens is 2. The molecule has 1 saturated heterocycles. The van der Waals surface area contributed by atoms with E-state index in [0.717, 1.165) is 25.9 Å². The van der Waals surface area contributed by atoms with E-state index in [9.17, 15) is 18.1 Å². The highest BCUT2D eigenvalue weighted by Gasteiger charge is 2.21. The third-order valence-electron chi connectivity index (χ3n) is 5.63. The molecule has 2 heterocycles. The predicted octanol–water partition coefficient (Wildman–Crippen LogP) is 4.02. The van der Waals surface area contributed by atoms with E-state index >= 15 is 0 Å². The molecule has 0 unspecified atom stereocenters. The van der Waals surface area contributed by atoms with Crippen molar-refractivity contribution in [2.45, 2.75) is 31.6 Å². The van der Waals surface area contributed by atoms with E-state index in [4.69, 9.17) is 12.2 Å². The van der Waals surface area contributed by atoms with Crippen LogP contribution in [0.15, 0.2) is 58.6 Å². The molecule has 192 valence electrons. The topological polar surface area (TPSA) is 146 Å². The summed E-state index contributed by atoms with van der Waals surface area (Å²) in [5, 5.41) is 8.42. The van der Waals surface area contributed by atoms with Gasteiger partial charge in [-0.3, -0.25) is 10.1 Å². The molecule has 0 atom stereocenters. The van der Waals surface area contributed by atoms with Gasteiger partial charge in [-0.05, 0) is 92.6 Å². The summed E-state index contributed by atoms with van der Waals surface area (Å²) in [5.74, 6) is -0.493. The van der Waals surface area contributed by atoms with E-state index in [1.807, 2.05) is 0 Å². The first kappa shape index (κ1) is 26.1. The molecule has 3 aromatic rings. The normalized spacial score (nSPS) is 13.2. The second-order valence-corrected chi connectivity index (χ2v) is 10.6. The summed E-state index contributed by atoms with van der Waals surface area (Å²) in [7, 11) is -3.91. The first-order chi connectivity index (χ1) is 17.6. The number of nitroso groups, excluding NO2 is 1. The highest BCUT2D eigenvalue weighted by atomic mass is 32.2. The van der Waals surface area contributed by atoms with Crippen molar-refractivity contribution in [1.82, 2.24) is 15.3 Å². The van der Waals surface area contributed by atoms with Crippen LogP contribution in [-0.4, -0.2) is 42.5 Å². The van der Waals surface area contributed by atoms with Crippen LogP contribution >= 0.6 is 12.2 Å². The van der Waals surface area contributed by atoms with Gasteiger partial charge in [0, 0.05) is 35.9 Å². The van der Waals surface area contributed by atoms with E-state index in [0.29, 0.717) is 28.3 Å². The quantitative estimate of drug-likeness (QED) is 0.299. The molecule has 37 heavy (non-hydrogen) atoms. The lowest BCUT2D eigenvalue weighted by atomic mass is 10.1. The average molecular weight is 540 g/mol. The molecule has 0 aliphatic carbocycles. The van der Waals surface area contributed by atoms with Gasteiger partial charge in [0.25, 0.3) is 15.9 Å². The molecule has 0 radical (unpaired) electrons. The highest BCUT2D eigenvalue weighted by molar-refractivity contribution is 7.92. The minimum atomic E-state index is -3.91. The molecule has 4 rings (SSSR count). The molecule has 2 aromatic carbocycles. The van der Waals surface area contributed by atoms with Crippen molar-refractivity contribution in [2.75, 3.05) is 28.0 Å². The molecule has 1 fully saturated rings. The SMILES string of the molecule is Cc1cc(C)nc(NS(=O)(=O)c2ccc(NC(=S)NC(=O)c3cc(N=O)ccc3N3CCCC3)cc2)n1. The van der Waals surface area contributed by atoms with Gasteiger partial charge in [-0.1, -0.05) is 0 Å². The van der Waals surface area contributed by atoms with Crippen LogP contribution in [0.3, 0.4) is 0 Å². The Hall–Kier alpha value is -3.97. The molecule has 13 heteroatoms. The van der Waals surface area contributed by atoms with Crippen molar-refractivity contribution in [3.8, 4) is 0 Å². The van der Waals surface area contributed by atoms with Crippen LogP contribution in [-0.2, 0) is 10.0 Å². The van der Waals surface area contributed by atoms with Crippen LogP contribution in [0.2, 0.25) is 0 Å². The summed E-state index contributed by atoms with van der Waals surface area (Å²) >= 11 is 5.28. The molecular weight excluding hydrogens is 514 g/mol. The van der Waals surface area contributed by atoms with Crippen molar-refractivity contribution in [3.05, 3.63) is 70.4 Å². The van der Waals surface area contributed by atoms with Gasteiger partial charge in [0.15, 0.2) is 5.11 Å². The third-order valence-corrected chi connectivity index (χ3v) is 7.18. The summed E-state index contributed by atoms with van der Waals surface area (Å²) in [4.78, 5) is 34.3. The van der Waals surface area contributed by atoms with E-state index in [1.165, 1.54) is 30.3 Å². The van der Waals surface area contributed by atoms with Crippen molar-refractivity contribution < 1.29 is 13.2 Å². The van der Waals surface area contributed by atoms with Crippen LogP contribution in [0.4, 0.5) is 23.0 Å². The lowest BCUT2D eigenvalue weighted by molar-refractivity contribution is 0.0978. The van der Waals surface area contributed by atoms with Gasteiger partial charge in [0.1, 0.15) is 5.69 Å². The molecule has 0 bridgehead atoms. The number of aryl methyl sites for hydroxylation is 2. The molecule has 11 nitrogen and oxygen atoms in total. The zero-order valence-corrected chi connectivity index (χ0v) is 21.8. The standard InChI is InChI=1S/C24H25N7O4S2/c1-15-13-16(2)26-23(25-15)30-37(34,35)19-8-5-17(6-9-19)27-24(36)28-22(32)20-14-18(29-33)7-10-21(20)31-11-3-4-12-31/h5-10,13-14H,3-4,11-12H2,1-2H3,(H,25,26,30)(H2,27,28,32,36). The third kappa shape index (κ3) is 6.43. The number of nitrogens with one attached hydrogen (secondary N) is 3. The lowest BCUT2D eigenvalue weighted by Crippen LogP contribution is -2.35. The van der Waals surface area contributed by atoms with Crippen molar-refractivity contribution in [1.29, 1.82) is 0 Å². The zero-order valence-electron chi connectivity index (χ0n) is 20.2. The Bertz CT molecular complexity index is 1430. The molecule has 0 saturated carbocycles. The summed E-state index contributed by atoms with van der Waals surface area (Å²) in [5.41, 5.74) is 2.90. The van der Waals surface area contributed by atoms with Crippen molar-refractivity contribution in [2.24, 2.45) is 5.18 Å². The minimum absolute atomic E-state index is 0.00389. The fourth-order valence-electron chi connectivity index (χ4n) is 4.00. The number of sulfonamides is 1. The second-order valence-electron chi connectivity index (χ2n) is 8.50. The van der Waals surface area contributed by atoms with Gasteiger partial charge < -0.3 is 10.2 Å². The second kappa shape index (κ2) is 11.0. The molecule has 0 spiro atoms. The van der Waals surface area contributed by atoms with Crippen LogP contribution in [0.25, 0.3) is 0 Å². The molecular formula is C24H25N7O4S2. The van der Waals surface area contributed by atoms with Crippen LogP contribution in [0, 0.1) is 18.8 Å². The fraction of sp³-hybridized carbons (Fsp3) is 0.250. The van der Waals surface area contributed by atoms with Crippen molar-refractivity contribution >= 4 is 56.3 Å². The maximum absolute atomic E-state index is 13.0. The van der Waals surface area contributed by atoms with Gasteiger partial charge in [0.2, 0.25) is 5.95 Å². The highest BCUT2D eigenvalue weighted by Crippen LogP contribution is 2.28. The molecule has 1 aliphatic rings.